The molecule has 6 heteroatoms. The van der Waals surface area contributed by atoms with Crippen LogP contribution in [0.15, 0.2) is 29.3 Å². The minimum absolute atomic E-state index is 0.0748. The van der Waals surface area contributed by atoms with E-state index in [9.17, 15) is 4.79 Å². The molecule has 1 fully saturated rings. The average molecular weight is 375 g/mol. The lowest BCUT2D eigenvalue weighted by molar-refractivity contribution is -0.135. The molecule has 1 aliphatic rings. The van der Waals surface area contributed by atoms with Crippen LogP contribution in [0.25, 0.3) is 0 Å². The molecule has 2 N–H and O–H groups in total. The van der Waals surface area contributed by atoms with Gasteiger partial charge < -0.3 is 20.3 Å². The number of amides is 1. The fourth-order valence-electron chi connectivity index (χ4n) is 3.18. The fourth-order valence-corrected chi connectivity index (χ4v) is 3.18. The van der Waals surface area contributed by atoms with E-state index in [2.05, 4.69) is 28.6 Å². The third-order valence-corrected chi connectivity index (χ3v) is 4.83. The summed E-state index contributed by atoms with van der Waals surface area (Å²) in [7, 11) is 1.79. The third-order valence-electron chi connectivity index (χ3n) is 4.83. The maximum atomic E-state index is 12.1. The number of piperidine rings is 1. The summed E-state index contributed by atoms with van der Waals surface area (Å²) in [6, 6.07) is 8.42. The van der Waals surface area contributed by atoms with Gasteiger partial charge in [0.2, 0.25) is 5.91 Å². The Balaban J connectivity index is 1.64. The van der Waals surface area contributed by atoms with E-state index in [4.69, 9.17) is 4.74 Å². The van der Waals surface area contributed by atoms with Gasteiger partial charge in [0.05, 0.1) is 6.61 Å². The Kier molecular flexibility index (Phi) is 8.43. The second-order valence-electron chi connectivity index (χ2n) is 7.37. The maximum absolute atomic E-state index is 12.1. The number of hydrogen-bond acceptors (Lipinski definition) is 3. The van der Waals surface area contributed by atoms with Crippen LogP contribution in [0.1, 0.15) is 38.7 Å². The number of ether oxygens (including phenoxy) is 1. The highest BCUT2D eigenvalue weighted by Gasteiger charge is 2.24. The standard InChI is InChI=1S/C21H34N4O2/c1-16(2)20(26)25-13-10-18(11-14-25)24-21(22-4)23-12-7-15-27-19-9-6-5-8-17(19)3/h5-6,8-9,16,18H,7,10-15H2,1-4H3,(H2,22,23,24). The smallest absolute Gasteiger partial charge is 0.225 e. The van der Waals surface area contributed by atoms with Crippen molar-refractivity contribution in [2.75, 3.05) is 33.3 Å². The molecule has 1 amide bonds. The molecule has 1 aliphatic heterocycles. The summed E-state index contributed by atoms with van der Waals surface area (Å²) in [6.45, 7) is 9.08. The predicted molar refractivity (Wildman–Crippen MR) is 110 cm³/mol. The molecule has 0 atom stereocenters. The lowest BCUT2D eigenvalue weighted by Gasteiger charge is -2.34. The van der Waals surface area contributed by atoms with Crippen molar-refractivity contribution in [3.63, 3.8) is 0 Å². The van der Waals surface area contributed by atoms with Crippen LogP contribution in [0.2, 0.25) is 0 Å². The van der Waals surface area contributed by atoms with Gasteiger partial charge in [-0.1, -0.05) is 32.0 Å². The highest BCUT2D eigenvalue weighted by molar-refractivity contribution is 5.80. The van der Waals surface area contributed by atoms with Crippen molar-refractivity contribution >= 4 is 11.9 Å². The zero-order valence-corrected chi connectivity index (χ0v) is 17.1. The first-order valence-electron chi connectivity index (χ1n) is 9.95. The predicted octanol–water partition coefficient (Wildman–Crippen LogP) is 2.58. The summed E-state index contributed by atoms with van der Waals surface area (Å²) >= 11 is 0. The highest BCUT2D eigenvalue weighted by Crippen LogP contribution is 2.16. The number of benzene rings is 1. The number of aliphatic imine (C=N–C) groups is 1. The maximum Gasteiger partial charge on any atom is 0.225 e. The first-order valence-corrected chi connectivity index (χ1v) is 9.95. The SMILES string of the molecule is CN=C(NCCCOc1ccccc1C)NC1CCN(C(=O)C(C)C)CC1. The third kappa shape index (κ3) is 6.77. The molecule has 0 aromatic heterocycles. The minimum atomic E-state index is 0.0748. The lowest BCUT2D eigenvalue weighted by Crippen LogP contribution is -2.50. The number of carbonyl (C=O) groups excluding carboxylic acids is 1. The largest absolute Gasteiger partial charge is 0.493 e. The molecule has 0 radical (unpaired) electrons. The average Bonchev–Trinajstić information content (AvgIpc) is 2.68. The monoisotopic (exact) mass is 374 g/mol. The van der Waals surface area contributed by atoms with Crippen LogP contribution in [0.3, 0.4) is 0 Å². The van der Waals surface area contributed by atoms with Gasteiger partial charge in [0.25, 0.3) is 0 Å². The van der Waals surface area contributed by atoms with E-state index in [1.807, 2.05) is 36.9 Å². The molecule has 1 aromatic rings. The molecule has 0 spiro atoms. The topological polar surface area (TPSA) is 66.0 Å². The zero-order chi connectivity index (χ0) is 19.6. The Morgan fingerprint density at radius 3 is 2.63 bits per heavy atom. The van der Waals surface area contributed by atoms with Crippen LogP contribution in [0.4, 0.5) is 0 Å². The van der Waals surface area contributed by atoms with Crippen LogP contribution in [0, 0.1) is 12.8 Å². The molecular weight excluding hydrogens is 340 g/mol. The Hall–Kier alpha value is -2.24. The number of aryl methyl sites for hydroxylation is 1. The Labute approximate surface area is 163 Å². The van der Waals surface area contributed by atoms with Crippen molar-refractivity contribution in [1.29, 1.82) is 0 Å². The van der Waals surface area contributed by atoms with E-state index >= 15 is 0 Å². The van der Waals surface area contributed by atoms with E-state index in [-0.39, 0.29) is 11.8 Å². The van der Waals surface area contributed by atoms with Crippen molar-refractivity contribution in [2.24, 2.45) is 10.9 Å². The van der Waals surface area contributed by atoms with Crippen LogP contribution in [0.5, 0.6) is 5.75 Å². The molecule has 6 nitrogen and oxygen atoms in total. The molecule has 1 heterocycles. The molecule has 2 rings (SSSR count). The first-order chi connectivity index (χ1) is 13.0. The van der Waals surface area contributed by atoms with Gasteiger partial charge in [-0.2, -0.15) is 0 Å². The number of nitrogens with one attached hydrogen (secondary N) is 2. The van der Waals surface area contributed by atoms with Crippen molar-refractivity contribution in [3.8, 4) is 5.75 Å². The number of likely N-dealkylation sites (tertiary alicyclic amines) is 1. The lowest BCUT2D eigenvalue weighted by atomic mass is 10.0. The van der Waals surface area contributed by atoms with Crippen LogP contribution < -0.4 is 15.4 Å². The van der Waals surface area contributed by atoms with E-state index in [1.54, 1.807) is 7.05 Å². The quantitative estimate of drug-likeness (QED) is 0.437. The van der Waals surface area contributed by atoms with Crippen molar-refractivity contribution < 1.29 is 9.53 Å². The Bertz CT molecular complexity index is 622. The Morgan fingerprint density at radius 2 is 2.00 bits per heavy atom. The van der Waals surface area contributed by atoms with Crippen LogP contribution in [-0.2, 0) is 4.79 Å². The van der Waals surface area contributed by atoms with Gasteiger partial charge in [-0.25, -0.2) is 0 Å². The molecule has 0 unspecified atom stereocenters. The summed E-state index contributed by atoms with van der Waals surface area (Å²) in [5.41, 5.74) is 1.16. The summed E-state index contributed by atoms with van der Waals surface area (Å²) in [6.07, 6.45) is 2.81. The molecule has 1 saturated heterocycles. The summed E-state index contributed by atoms with van der Waals surface area (Å²) in [5.74, 6) is 2.10. The first kappa shape index (κ1) is 21.1. The Morgan fingerprint density at radius 1 is 1.30 bits per heavy atom. The molecule has 1 aromatic carbocycles. The molecule has 150 valence electrons. The number of nitrogens with zero attached hydrogens (tertiary/aromatic N) is 2. The van der Waals surface area contributed by atoms with Crippen molar-refractivity contribution in [3.05, 3.63) is 29.8 Å². The van der Waals surface area contributed by atoms with Gasteiger partial charge in [-0.05, 0) is 37.8 Å². The zero-order valence-electron chi connectivity index (χ0n) is 17.1. The number of guanidine groups is 1. The molecular formula is C21H34N4O2. The summed E-state index contributed by atoms with van der Waals surface area (Å²) < 4.78 is 5.82. The van der Waals surface area contributed by atoms with Gasteiger partial charge in [0.15, 0.2) is 5.96 Å². The minimum Gasteiger partial charge on any atom is -0.493 e. The van der Waals surface area contributed by atoms with E-state index in [0.717, 1.165) is 56.2 Å². The molecule has 0 bridgehead atoms. The van der Waals surface area contributed by atoms with E-state index < -0.39 is 0 Å². The van der Waals surface area contributed by atoms with Gasteiger partial charge in [0.1, 0.15) is 5.75 Å². The molecule has 0 aliphatic carbocycles. The second kappa shape index (κ2) is 10.8. The summed E-state index contributed by atoms with van der Waals surface area (Å²) in [4.78, 5) is 18.3. The van der Waals surface area contributed by atoms with Gasteiger partial charge >= 0.3 is 0 Å². The normalized spacial score (nSPS) is 15.7. The number of para-hydroxylation sites is 1. The van der Waals surface area contributed by atoms with Crippen LogP contribution >= 0.6 is 0 Å². The fraction of sp³-hybridized carbons (Fsp3) is 0.619. The van der Waals surface area contributed by atoms with E-state index in [1.165, 1.54) is 0 Å². The van der Waals surface area contributed by atoms with E-state index in [0.29, 0.717) is 12.6 Å². The van der Waals surface area contributed by atoms with Crippen molar-refractivity contribution in [2.45, 2.75) is 46.1 Å². The molecule has 27 heavy (non-hydrogen) atoms. The second-order valence-corrected chi connectivity index (χ2v) is 7.37. The summed E-state index contributed by atoms with van der Waals surface area (Å²) in [5, 5.41) is 6.82. The van der Waals surface area contributed by atoms with Gasteiger partial charge in [0, 0.05) is 38.6 Å². The van der Waals surface area contributed by atoms with Crippen molar-refractivity contribution in [1.82, 2.24) is 15.5 Å². The molecule has 0 saturated carbocycles. The van der Waals surface area contributed by atoms with Gasteiger partial charge in [-0.15, -0.1) is 0 Å². The van der Waals surface area contributed by atoms with Crippen LogP contribution in [-0.4, -0.2) is 56.1 Å². The van der Waals surface area contributed by atoms with Gasteiger partial charge in [-0.3, -0.25) is 9.79 Å². The highest BCUT2D eigenvalue weighted by atomic mass is 16.5. The number of hydrogen-bond donors (Lipinski definition) is 2. The number of carbonyl (C=O) groups is 1. The number of rotatable bonds is 7.